The van der Waals surface area contributed by atoms with Gasteiger partial charge in [0.05, 0.1) is 0 Å². The molecule has 0 saturated carbocycles. The van der Waals surface area contributed by atoms with E-state index in [1.807, 2.05) is 6.20 Å². The summed E-state index contributed by atoms with van der Waals surface area (Å²) in [5.41, 5.74) is 12.4. The van der Waals surface area contributed by atoms with Gasteiger partial charge in [-0.1, -0.05) is 136 Å². The maximum Gasteiger partial charge on any atom is 0.0280 e. The van der Waals surface area contributed by atoms with Crippen molar-refractivity contribution in [1.29, 1.82) is 0 Å². The quantitative estimate of drug-likeness (QED) is 0.163. The molecule has 47 heavy (non-hydrogen) atoms. The Morgan fingerprint density at radius 2 is 1.43 bits per heavy atom. The van der Waals surface area contributed by atoms with E-state index in [1.54, 1.807) is 12.1 Å². The monoisotopic (exact) mass is 795 g/mol. The number of nitrogens with zero attached hydrogens (tertiary/aromatic N) is 2. The summed E-state index contributed by atoms with van der Waals surface area (Å²) < 4.78 is 43.6. The largest absolute Gasteiger partial charge is 0.304 e. The molecule has 0 spiro atoms. The molecule has 4 aromatic carbocycles. The topological polar surface area (TPSA) is 25.8 Å². The van der Waals surface area contributed by atoms with Crippen molar-refractivity contribution < 1.29 is 28.3 Å². The molecule has 0 N–H and O–H groups in total. The molecular formula is C44H40IrN2-2. The van der Waals surface area contributed by atoms with E-state index in [1.165, 1.54) is 63.3 Å². The van der Waals surface area contributed by atoms with Gasteiger partial charge in [0.1, 0.15) is 0 Å². The molecule has 1 aliphatic carbocycles. The zero-order valence-corrected chi connectivity index (χ0v) is 29.3. The van der Waals surface area contributed by atoms with Gasteiger partial charge in [-0.05, 0) is 52.2 Å². The second-order valence-corrected chi connectivity index (χ2v) is 12.4. The summed E-state index contributed by atoms with van der Waals surface area (Å²) in [6.07, 6.45) is 5.55. The van der Waals surface area contributed by atoms with Crippen LogP contribution in [0.3, 0.4) is 0 Å². The Balaban J connectivity index is 0.000000223. The predicted octanol–water partition coefficient (Wildman–Crippen LogP) is 11.3. The summed E-state index contributed by atoms with van der Waals surface area (Å²) in [5.74, 6) is 0.461. The van der Waals surface area contributed by atoms with Gasteiger partial charge < -0.3 is 4.98 Å². The van der Waals surface area contributed by atoms with Gasteiger partial charge >= 0.3 is 0 Å². The summed E-state index contributed by atoms with van der Waals surface area (Å²) in [6.45, 7) is 4.76. The molecule has 0 aliphatic heterocycles. The molecule has 0 atom stereocenters. The van der Waals surface area contributed by atoms with Crippen molar-refractivity contribution in [3.63, 3.8) is 0 Å². The minimum absolute atomic E-state index is 0. The number of rotatable bonds is 5. The standard InChI is InChI=1S/C31H28N.C13H12N.Ir/c1-21(2)24-15-16-32-29(20-24)25-17-26-19-28(23-13-9-6-10-14-23)31(3,4)30(26)27(18-25)22-11-7-5-8-12-22;1-10-3-6-12(7-4-10)13-8-5-11(2)9-14-13;/h5-16,18-21H,1-4H3;3-6,8-9H,1-2H3;/q2*-1;/i;1D3,2D3;. The molecule has 237 valence electrons. The second kappa shape index (κ2) is 14.6. The van der Waals surface area contributed by atoms with Gasteiger partial charge in [0.15, 0.2) is 0 Å². The number of aromatic nitrogens is 2. The Bertz CT molecular complexity index is 2130. The van der Waals surface area contributed by atoms with Crippen LogP contribution in [0.15, 0.2) is 122 Å². The smallest absolute Gasteiger partial charge is 0.0280 e. The molecule has 1 radical (unpaired) electrons. The number of hydrogen-bond acceptors (Lipinski definition) is 2. The first-order chi connectivity index (χ1) is 24.6. The van der Waals surface area contributed by atoms with E-state index in [9.17, 15) is 0 Å². The minimum atomic E-state index is -2.18. The van der Waals surface area contributed by atoms with Crippen LogP contribution in [0.25, 0.3) is 45.3 Å². The van der Waals surface area contributed by atoms with Crippen molar-refractivity contribution in [2.75, 3.05) is 0 Å². The third kappa shape index (κ3) is 7.43. The second-order valence-electron chi connectivity index (χ2n) is 12.4. The van der Waals surface area contributed by atoms with E-state index in [4.69, 9.17) is 13.2 Å². The van der Waals surface area contributed by atoms with Crippen molar-refractivity contribution in [3.8, 4) is 33.6 Å². The van der Waals surface area contributed by atoms with Crippen molar-refractivity contribution >= 4 is 11.6 Å². The molecule has 2 aromatic heterocycles. The molecule has 2 heterocycles. The van der Waals surface area contributed by atoms with E-state index >= 15 is 0 Å². The zero-order valence-electron chi connectivity index (χ0n) is 32.9. The van der Waals surface area contributed by atoms with E-state index in [-0.39, 0.29) is 36.6 Å². The Morgan fingerprint density at radius 3 is 2.04 bits per heavy atom. The fourth-order valence-corrected chi connectivity index (χ4v) is 5.98. The van der Waals surface area contributed by atoms with Crippen LogP contribution >= 0.6 is 0 Å². The summed E-state index contributed by atoms with van der Waals surface area (Å²) in [4.78, 5) is 8.79. The number of benzene rings is 4. The molecule has 6 aromatic rings. The third-order valence-corrected chi connectivity index (χ3v) is 8.43. The number of hydrogen-bond donors (Lipinski definition) is 0. The zero-order chi connectivity index (χ0) is 37.3. The summed E-state index contributed by atoms with van der Waals surface area (Å²) in [7, 11) is 0. The van der Waals surface area contributed by atoms with Gasteiger partial charge in [0.25, 0.3) is 0 Å². The van der Waals surface area contributed by atoms with Gasteiger partial charge in [-0.3, -0.25) is 4.98 Å². The summed E-state index contributed by atoms with van der Waals surface area (Å²) in [5, 5.41) is 0. The summed E-state index contributed by atoms with van der Waals surface area (Å²) >= 11 is 0. The number of pyridine rings is 2. The Hall–Kier alpha value is -4.43. The number of fused-ring (bicyclic) bond motifs is 1. The Labute approximate surface area is 302 Å². The molecule has 0 unspecified atom stereocenters. The average Bonchev–Trinajstić information content (AvgIpc) is 3.41. The Morgan fingerprint density at radius 1 is 0.723 bits per heavy atom. The first-order valence-electron chi connectivity index (χ1n) is 18.5. The van der Waals surface area contributed by atoms with Crippen LogP contribution < -0.4 is 0 Å². The molecule has 7 rings (SSSR count). The molecule has 2 nitrogen and oxygen atoms in total. The van der Waals surface area contributed by atoms with E-state index in [2.05, 4.69) is 130 Å². The Kier molecular flexibility index (Phi) is 8.24. The van der Waals surface area contributed by atoms with Gasteiger partial charge in [-0.15, -0.1) is 59.2 Å². The minimum Gasteiger partial charge on any atom is -0.304 e. The normalized spacial score (nSPS) is 15.2. The molecule has 0 fully saturated rings. The van der Waals surface area contributed by atoms with Crippen LogP contribution in [0.2, 0.25) is 0 Å². The van der Waals surface area contributed by atoms with Crippen molar-refractivity contribution in [1.82, 2.24) is 9.97 Å². The maximum atomic E-state index is 7.28. The van der Waals surface area contributed by atoms with Crippen molar-refractivity contribution in [2.24, 2.45) is 0 Å². The molecule has 3 heteroatoms. The number of allylic oxidation sites excluding steroid dienone is 1. The first kappa shape index (κ1) is 26.6. The maximum absolute atomic E-state index is 7.28. The molecular weight excluding hydrogens is 749 g/mol. The van der Waals surface area contributed by atoms with E-state index in [0.717, 1.165) is 11.3 Å². The molecule has 0 saturated heterocycles. The fourth-order valence-electron chi connectivity index (χ4n) is 5.98. The van der Waals surface area contributed by atoms with Crippen LogP contribution in [0.5, 0.6) is 0 Å². The van der Waals surface area contributed by atoms with Crippen LogP contribution in [0.1, 0.15) is 75.2 Å². The van der Waals surface area contributed by atoms with Gasteiger partial charge in [0, 0.05) is 46.4 Å². The van der Waals surface area contributed by atoms with E-state index < -0.39 is 13.7 Å². The SMILES string of the molecule is CC(C)c1ccnc(-c2[c-]c3c(c(-c4ccccc4)c2)C(C)(C)C(c2ccccc2)=C3)c1.[2H]C([2H])([2H])c1c[c-]c(-c2ccc(C([2H])([2H])[2H])cn2)cc1.[Ir]. The first-order valence-corrected chi connectivity index (χ1v) is 15.5. The van der Waals surface area contributed by atoms with E-state index in [0.29, 0.717) is 17.2 Å². The molecule has 0 bridgehead atoms. The summed E-state index contributed by atoms with van der Waals surface area (Å²) in [6, 6.07) is 42.2. The average molecular weight is 795 g/mol. The van der Waals surface area contributed by atoms with Gasteiger partial charge in [-0.25, -0.2) is 0 Å². The van der Waals surface area contributed by atoms with Gasteiger partial charge in [0.2, 0.25) is 0 Å². The van der Waals surface area contributed by atoms with Crippen molar-refractivity contribution in [3.05, 3.63) is 167 Å². The fraction of sp³-hybridized carbons (Fsp3) is 0.182. The molecule has 0 amide bonds. The third-order valence-electron chi connectivity index (χ3n) is 8.43. The van der Waals surface area contributed by atoms with Crippen LogP contribution in [0.4, 0.5) is 0 Å². The van der Waals surface area contributed by atoms with Crippen LogP contribution in [0, 0.1) is 25.8 Å². The van der Waals surface area contributed by atoms with Crippen LogP contribution in [-0.2, 0) is 25.5 Å². The number of aryl methyl sites for hydroxylation is 2. The van der Waals surface area contributed by atoms with Crippen molar-refractivity contribution in [2.45, 2.75) is 52.7 Å². The molecule has 1 aliphatic rings. The van der Waals surface area contributed by atoms with Gasteiger partial charge in [-0.2, -0.15) is 0 Å². The predicted molar refractivity (Wildman–Crippen MR) is 193 cm³/mol. The van der Waals surface area contributed by atoms with Crippen LogP contribution in [-0.4, -0.2) is 9.97 Å².